The summed E-state index contributed by atoms with van der Waals surface area (Å²) in [4.78, 5) is 36.9. The maximum Gasteiger partial charge on any atom is 0.407 e. The molecule has 1 aromatic carbocycles. The van der Waals surface area contributed by atoms with Crippen LogP contribution in [0.5, 0.6) is 0 Å². The molecule has 192 valence electrons. The average Bonchev–Trinajstić information content (AvgIpc) is 2.76. The van der Waals surface area contributed by atoms with E-state index in [0.717, 1.165) is 11.8 Å². The van der Waals surface area contributed by atoms with Crippen molar-refractivity contribution in [3.63, 3.8) is 0 Å². The first-order valence-electron chi connectivity index (χ1n) is 12.4. The molecule has 0 aliphatic heterocycles. The van der Waals surface area contributed by atoms with Crippen molar-refractivity contribution in [1.29, 1.82) is 0 Å². The topological polar surface area (TPSA) is 105 Å². The first-order valence-corrected chi connectivity index (χ1v) is 12.4. The second-order valence-corrected chi connectivity index (χ2v) is 10.5. The SMILES string of the molecule is CC(C)C[C@H](CC(O)[C@H](CC(C)C)NC(=O)OCc1ccccc1)C(=O)N[C@H](C=O)CC(C)C. The zero-order valence-electron chi connectivity index (χ0n) is 21.6. The molecule has 0 saturated carbocycles. The van der Waals surface area contributed by atoms with Crippen LogP contribution in [0.1, 0.15) is 72.8 Å². The molecular weight excluding hydrogens is 432 g/mol. The number of aldehydes is 1. The molecule has 0 spiro atoms. The third-order valence-corrected chi connectivity index (χ3v) is 5.58. The molecule has 0 fully saturated rings. The lowest BCUT2D eigenvalue weighted by molar-refractivity contribution is -0.129. The number of ether oxygens (including phenoxy) is 1. The Morgan fingerprint density at radius 3 is 2.00 bits per heavy atom. The van der Waals surface area contributed by atoms with Crippen LogP contribution < -0.4 is 10.6 Å². The number of rotatable bonds is 15. The molecule has 0 aliphatic rings. The summed E-state index contributed by atoms with van der Waals surface area (Å²) in [5.74, 6) is 0.0139. The normalized spacial score (nSPS) is 15.0. The lowest BCUT2D eigenvalue weighted by Gasteiger charge is -2.29. The number of benzene rings is 1. The Labute approximate surface area is 205 Å². The molecular formula is C27H44N2O5. The summed E-state index contributed by atoms with van der Waals surface area (Å²) in [6.07, 6.45) is 1.11. The van der Waals surface area contributed by atoms with Gasteiger partial charge < -0.3 is 25.3 Å². The molecule has 0 saturated heterocycles. The number of hydrogen-bond donors (Lipinski definition) is 3. The zero-order valence-corrected chi connectivity index (χ0v) is 21.6. The predicted octanol–water partition coefficient (Wildman–Crippen LogP) is 4.47. The van der Waals surface area contributed by atoms with Crippen molar-refractivity contribution in [2.75, 3.05) is 0 Å². The summed E-state index contributed by atoms with van der Waals surface area (Å²) < 4.78 is 5.33. The number of nitrogens with one attached hydrogen (secondary N) is 2. The van der Waals surface area contributed by atoms with E-state index in [4.69, 9.17) is 4.74 Å². The van der Waals surface area contributed by atoms with Crippen molar-refractivity contribution in [1.82, 2.24) is 10.6 Å². The van der Waals surface area contributed by atoms with Gasteiger partial charge in [-0.2, -0.15) is 0 Å². The Balaban J connectivity index is 2.83. The summed E-state index contributed by atoms with van der Waals surface area (Å²) in [7, 11) is 0. The lowest BCUT2D eigenvalue weighted by Crippen LogP contribution is -2.47. The molecule has 0 aromatic heterocycles. The second-order valence-electron chi connectivity index (χ2n) is 10.5. The highest BCUT2D eigenvalue weighted by molar-refractivity contribution is 5.81. The smallest absolute Gasteiger partial charge is 0.407 e. The molecule has 0 heterocycles. The minimum absolute atomic E-state index is 0.137. The van der Waals surface area contributed by atoms with Gasteiger partial charge in [0.2, 0.25) is 5.91 Å². The van der Waals surface area contributed by atoms with Crippen LogP contribution in [0.4, 0.5) is 4.79 Å². The largest absolute Gasteiger partial charge is 0.445 e. The molecule has 1 unspecified atom stereocenters. The number of aliphatic hydroxyl groups is 1. The molecule has 3 N–H and O–H groups in total. The third-order valence-electron chi connectivity index (χ3n) is 5.58. The fourth-order valence-corrected chi connectivity index (χ4v) is 4.03. The van der Waals surface area contributed by atoms with Crippen molar-refractivity contribution < 1.29 is 24.2 Å². The maximum atomic E-state index is 13.0. The number of carbonyl (C=O) groups is 3. The molecule has 4 atom stereocenters. The van der Waals surface area contributed by atoms with Crippen LogP contribution in [0, 0.1) is 23.7 Å². The van der Waals surface area contributed by atoms with Crippen molar-refractivity contribution in [2.45, 2.75) is 92.0 Å². The van der Waals surface area contributed by atoms with Gasteiger partial charge in [0, 0.05) is 5.92 Å². The fourth-order valence-electron chi connectivity index (χ4n) is 4.03. The van der Waals surface area contributed by atoms with Gasteiger partial charge in [-0.1, -0.05) is 71.9 Å². The minimum atomic E-state index is -0.930. The van der Waals surface area contributed by atoms with Crippen molar-refractivity contribution >= 4 is 18.3 Å². The molecule has 7 heteroatoms. The first-order chi connectivity index (χ1) is 16.0. The van der Waals surface area contributed by atoms with Crippen LogP contribution in [0.3, 0.4) is 0 Å². The van der Waals surface area contributed by atoms with E-state index >= 15 is 0 Å². The van der Waals surface area contributed by atoms with Gasteiger partial charge in [-0.05, 0) is 49.0 Å². The average molecular weight is 477 g/mol. The molecule has 0 radical (unpaired) electrons. The molecule has 0 bridgehead atoms. The van der Waals surface area contributed by atoms with Crippen molar-refractivity contribution in [2.24, 2.45) is 23.7 Å². The van der Waals surface area contributed by atoms with Gasteiger partial charge in [0.15, 0.2) is 0 Å². The summed E-state index contributed by atoms with van der Waals surface area (Å²) >= 11 is 0. The Hall–Kier alpha value is -2.41. The molecule has 1 rings (SSSR count). The second kappa shape index (κ2) is 15.5. The quantitative estimate of drug-likeness (QED) is 0.324. The number of hydrogen-bond acceptors (Lipinski definition) is 5. The lowest BCUT2D eigenvalue weighted by atomic mass is 9.87. The standard InChI is InChI=1S/C27H44N2O5/c1-18(2)12-22(26(32)28-23(16-30)13-19(3)4)15-25(31)24(14-20(5)6)29-27(33)34-17-21-10-8-7-9-11-21/h7-11,16,18-20,22-25,31H,12-15,17H2,1-6H3,(H,28,32)(H,29,33)/t22-,23+,24+,25?/m1/s1. The number of carbonyl (C=O) groups excluding carboxylic acids is 3. The van der Waals surface area contributed by atoms with Crippen LogP contribution in [-0.2, 0) is 20.9 Å². The van der Waals surface area contributed by atoms with Gasteiger partial charge in [-0.3, -0.25) is 4.79 Å². The van der Waals surface area contributed by atoms with Crippen LogP contribution in [0.2, 0.25) is 0 Å². The van der Waals surface area contributed by atoms with E-state index in [0.29, 0.717) is 19.3 Å². The van der Waals surface area contributed by atoms with E-state index < -0.39 is 30.2 Å². The monoisotopic (exact) mass is 476 g/mol. The number of alkyl carbamates (subject to hydrolysis) is 1. The van der Waals surface area contributed by atoms with Gasteiger partial charge in [0.1, 0.15) is 12.9 Å². The van der Waals surface area contributed by atoms with Gasteiger partial charge in [-0.25, -0.2) is 4.79 Å². The van der Waals surface area contributed by atoms with E-state index in [2.05, 4.69) is 10.6 Å². The van der Waals surface area contributed by atoms with E-state index in [1.165, 1.54) is 0 Å². The molecule has 1 aromatic rings. The van der Waals surface area contributed by atoms with E-state index in [1.807, 2.05) is 71.9 Å². The molecule has 34 heavy (non-hydrogen) atoms. The Morgan fingerprint density at radius 2 is 1.47 bits per heavy atom. The zero-order chi connectivity index (χ0) is 25.7. The third kappa shape index (κ3) is 12.2. The Morgan fingerprint density at radius 1 is 0.882 bits per heavy atom. The van der Waals surface area contributed by atoms with Gasteiger partial charge in [0.25, 0.3) is 0 Å². The predicted molar refractivity (Wildman–Crippen MR) is 134 cm³/mol. The van der Waals surface area contributed by atoms with Gasteiger partial charge >= 0.3 is 6.09 Å². The van der Waals surface area contributed by atoms with E-state index in [1.54, 1.807) is 0 Å². The number of aliphatic hydroxyl groups excluding tert-OH is 1. The van der Waals surface area contributed by atoms with Crippen LogP contribution >= 0.6 is 0 Å². The number of amides is 2. The Bertz CT molecular complexity index is 736. The summed E-state index contributed by atoms with van der Waals surface area (Å²) in [5, 5.41) is 16.7. The van der Waals surface area contributed by atoms with E-state index in [-0.39, 0.29) is 36.7 Å². The highest BCUT2D eigenvalue weighted by atomic mass is 16.5. The highest BCUT2D eigenvalue weighted by Crippen LogP contribution is 2.22. The Kier molecular flexibility index (Phi) is 13.5. The molecule has 0 aliphatic carbocycles. The summed E-state index contributed by atoms with van der Waals surface area (Å²) in [5.41, 5.74) is 0.874. The molecule has 7 nitrogen and oxygen atoms in total. The highest BCUT2D eigenvalue weighted by Gasteiger charge is 2.30. The van der Waals surface area contributed by atoms with Crippen molar-refractivity contribution in [3.8, 4) is 0 Å². The van der Waals surface area contributed by atoms with Crippen LogP contribution in [-0.4, -0.2) is 41.6 Å². The van der Waals surface area contributed by atoms with Crippen LogP contribution in [0.15, 0.2) is 30.3 Å². The first kappa shape index (κ1) is 29.6. The van der Waals surface area contributed by atoms with Gasteiger partial charge in [-0.15, -0.1) is 0 Å². The van der Waals surface area contributed by atoms with Crippen LogP contribution in [0.25, 0.3) is 0 Å². The summed E-state index contributed by atoms with van der Waals surface area (Å²) in [6.45, 7) is 12.2. The fraction of sp³-hybridized carbons (Fsp3) is 0.667. The van der Waals surface area contributed by atoms with Crippen molar-refractivity contribution in [3.05, 3.63) is 35.9 Å². The molecule has 2 amide bonds. The van der Waals surface area contributed by atoms with E-state index in [9.17, 15) is 19.5 Å². The maximum absolute atomic E-state index is 13.0. The minimum Gasteiger partial charge on any atom is -0.445 e. The van der Waals surface area contributed by atoms with Gasteiger partial charge in [0.05, 0.1) is 18.2 Å². The summed E-state index contributed by atoms with van der Waals surface area (Å²) in [6, 6.07) is 8.28.